The van der Waals surface area contributed by atoms with Gasteiger partial charge in [0.2, 0.25) is 0 Å². The SMILES string of the molecule is C=CCCC(O)CN1CCC(Nc2ccccc2)C1. The Morgan fingerprint density at radius 3 is 2.95 bits per heavy atom. The first-order valence-corrected chi connectivity index (χ1v) is 7.11. The summed E-state index contributed by atoms with van der Waals surface area (Å²) in [4.78, 5) is 2.34. The van der Waals surface area contributed by atoms with Crippen LogP contribution in [0.25, 0.3) is 0 Å². The number of aliphatic hydroxyl groups excluding tert-OH is 1. The van der Waals surface area contributed by atoms with Gasteiger partial charge in [0.1, 0.15) is 0 Å². The van der Waals surface area contributed by atoms with E-state index in [1.807, 2.05) is 24.3 Å². The van der Waals surface area contributed by atoms with Gasteiger partial charge in [-0.1, -0.05) is 24.3 Å². The lowest BCUT2D eigenvalue weighted by molar-refractivity contribution is 0.118. The van der Waals surface area contributed by atoms with Crippen molar-refractivity contribution in [2.24, 2.45) is 0 Å². The molecule has 0 radical (unpaired) electrons. The van der Waals surface area contributed by atoms with Gasteiger partial charge in [-0.25, -0.2) is 0 Å². The number of hydrogen-bond acceptors (Lipinski definition) is 3. The van der Waals surface area contributed by atoms with Crippen molar-refractivity contribution in [2.45, 2.75) is 31.4 Å². The first-order chi connectivity index (χ1) is 9.28. The van der Waals surface area contributed by atoms with Crippen molar-refractivity contribution in [2.75, 3.05) is 25.0 Å². The van der Waals surface area contributed by atoms with Gasteiger partial charge in [-0.3, -0.25) is 4.90 Å². The van der Waals surface area contributed by atoms with Crippen LogP contribution in [0, 0.1) is 0 Å². The number of benzene rings is 1. The number of nitrogens with one attached hydrogen (secondary N) is 1. The predicted octanol–water partition coefficient (Wildman–Crippen LogP) is 2.50. The average molecular weight is 260 g/mol. The van der Waals surface area contributed by atoms with Crippen LogP contribution in [0.15, 0.2) is 43.0 Å². The van der Waals surface area contributed by atoms with E-state index >= 15 is 0 Å². The summed E-state index contributed by atoms with van der Waals surface area (Å²) in [5.41, 5.74) is 1.18. The largest absolute Gasteiger partial charge is 0.392 e. The normalized spacial score (nSPS) is 21.2. The summed E-state index contributed by atoms with van der Waals surface area (Å²) >= 11 is 0. The molecule has 0 spiro atoms. The van der Waals surface area contributed by atoms with Gasteiger partial charge in [-0.2, -0.15) is 0 Å². The van der Waals surface area contributed by atoms with Crippen LogP contribution in [0.3, 0.4) is 0 Å². The zero-order valence-corrected chi connectivity index (χ0v) is 11.5. The van der Waals surface area contributed by atoms with Crippen molar-refractivity contribution in [1.29, 1.82) is 0 Å². The summed E-state index contributed by atoms with van der Waals surface area (Å²) in [5, 5.41) is 13.5. The van der Waals surface area contributed by atoms with E-state index < -0.39 is 0 Å². The second kappa shape index (κ2) is 7.31. The second-order valence-electron chi connectivity index (χ2n) is 5.28. The minimum absolute atomic E-state index is 0.228. The molecule has 19 heavy (non-hydrogen) atoms. The van der Waals surface area contributed by atoms with E-state index in [1.54, 1.807) is 0 Å². The highest BCUT2D eigenvalue weighted by atomic mass is 16.3. The highest BCUT2D eigenvalue weighted by molar-refractivity contribution is 5.43. The molecule has 104 valence electrons. The minimum atomic E-state index is -0.228. The Hall–Kier alpha value is -1.32. The van der Waals surface area contributed by atoms with Gasteiger partial charge >= 0.3 is 0 Å². The van der Waals surface area contributed by atoms with Crippen molar-refractivity contribution in [3.63, 3.8) is 0 Å². The molecule has 2 atom stereocenters. The summed E-state index contributed by atoms with van der Waals surface area (Å²) in [7, 11) is 0. The predicted molar refractivity (Wildman–Crippen MR) is 80.3 cm³/mol. The molecule has 1 aromatic rings. The number of para-hydroxylation sites is 1. The monoisotopic (exact) mass is 260 g/mol. The van der Waals surface area contributed by atoms with Crippen LogP contribution in [-0.4, -0.2) is 41.8 Å². The van der Waals surface area contributed by atoms with Gasteiger partial charge in [0.05, 0.1) is 6.10 Å². The molecule has 1 aliphatic rings. The van der Waals surface area contributed by atoms with Crippen LogP contribution < -0.4 is 5.32 Å². The fourth-order valence-electron chi connectivity index (χ4n) is 2.59. The molecule has 3 heteroatoms. The first-order valence-electron chi connectivity index (χ1n) is 7.11. The van der Waals surface area contributed by atoms with Crippen LogP contribution in [0.2, 0.25) is 0 Å². The minimum Gasteiger partial charge on any atom is -0.392 e. The lowest BCUT2D eigenvalue weighted by Gasteiger charge is -2.20. The molecule has 0 amide bonds. The van der Waals surface area contributed by atoms with Gasteiger partial charge in [0.25, 0.3) is 0 Å². The zero-order valence-electron chi connectivity index (χ0n) is 11.5. The molecular formula is C16H24N2O. The molecule has 2 rings (SSSR count). The summed E-state index contributed by atoms with van der Waals surface area (Å²) < 4.78 is 0. The molecule has 0 aromatic heterocycles. The number of aliphatic hydroxyl groups is 1. The Labute approximate surface area is 115 Å². The van der Waals surface area contributed by atoms with Crippen LogP contribution in [0.4, 0.5) is 5.69 Å². The Morgan fingerprint density at radius 2 is 2.21 bits per heavy atom. The lowest BCUT2D eigenvalue weighted by atomic mass is 10.2. The molecule has 0 saturated carbocycles. The lowest BCUT2D eigenvalue weighted by Crippen LogP contribution is -2.32. The molecule has 1 heterocycles. The maximum absolute atomic E-state index is 9.91. The van der Waals surface area contributed by atoms with Crippen LogP contribution >= 0.6 is 0 Å². The van der Waals surface area contributed by atoms with Gasteiger partial charge < -0.3 is 10.4 Å². The van der Waals surface area contributed by atoms with Gasteiger partial charge in [-0.15, -0.1) is 6.58 Å². The van der Waals surface area contributed by atoms with Gasteiger partial charge in [0.15, 0.2) is 0 Å². The molecule has 1 aromatic carbocycles. The third kappa shape index (κ3) is 4.69. The maximum atomic E-state index is 9.91. The third-order valence-corrected chi connectivity index (χ3v) is 3.59. The molecule has 1 aliphatic heterocycles. The van der Waals surface area contributed by atoms with E-state index in [4.69, 9.17) is 0 Å². The highest BCUT2D eigenvalue weighted by Crippen LogP contribution is 2.16. The zero-order chi connectivity index (χ0) is 13.5. The number of anilines is 1. The highest BCUT2D eigenvalue weighted by Gasteiger charge is 2.23. The fraction of sp³-hybridized carbons (Fsp3) is 0.500. The number of rotatable bonds is 7. The maximum Gasteiger partial charge on any atom is 0.0670 e. The van der Waals surface area contributed by atoms with Gasteiger partial charge in [-0.05, 0) is 31.4 Å². The molecule has 2 unspecified atom stereocenters. The molecule has 3 nitrogen and oxygen atoms in total. The summed E-state index contributed by atoms with van der Waals surface area (Å²) in [6.45, 7) is 6.55. The van der Waals surface area contributed by atoms with Crippen molar-refractivity contribution in [1.82, 2.24) is 4.90 Å². The first kappa shape index (κ1) is 14.1. The smallest absolute Gasteiger partial charge is 0.0670 e. The average Bonchev–Trinajstić information content (AvgIpc) is 2.85. The van der Waals surface area contributed by atoms with Crippen LogP contribution in [-0.2, 0) is 0 Å². The van der Waals surface area contributed by atoms with Crippen molar-refractivity contribution >= 4 is 5.69 Å². The molecule has 2 N–H and O–H groups in total. The number of nitrogens with zero attached hydrogens (tertiary/aromatic N) is 1. The van der Waals surface area contributed by atoms with E-state index in [2.05, 4.69) is 28.9 Å². The topological polar surface area (TPSA) is 35.5 Å². The quantitative estimate of drug-likeness (QED) is 0.739. The second-order valence-corrected chi connectivity index (χ2v) is 5.28. The molecular weight excluding hydrogens is 236 g/mol. The Kier molecular flexibility index (Phi) is 5.43. The van der Waals surface area contributed by atoms with Crippen LogP contribution in [0.5, 0.6) is 0 Å². The number of likely N-dealkylation sites (tertiary alicyclic amines) is 1. The Balaban J connectivity index is 1.72. The molecule has 1 saturated heterocycles. The fourth-order valence-corrected chi connectivity index (χ4v) is 2.59. The van der Waals surface area contributed by atoms with E-state index in [0.29, 0.717) is 6.04 Å². The summed E-state index contributed by atoms with van der Waals surface area (Å²) in [6, 6.07) is 10.8. The van der Waals surface area contributed by atoms with E-state index in [1.165, 1.54) is 5.69 Å². The molecule has 0 bridgehead atoms. The van der Waals surface area contributed by atoms with E-state index in [9.17, 15) is 5.11 Å². The number of hydrogen-bond donors (Lipinski definition) is 2. The van der Waals surface area contributed by atoms with Crippen LogP contribution in [0.1, 0.15) is 19.3 Å². The van der Waals surface area contributed by atoms with Gasteiger partial charge in [0, 0.05) is 31.4 Å². The summed E-state index contributed by atoms with van der Waals surface area (Å²) in [5.74, 6) is 0. The standard InChI is InChI=1S/C16H24N2O/c1-2-3-9-16(19)13-18-11-10-15(12-18)17-14-7-5-4-6-8-14/h2,4-8,15-17,19H,1,3,9-13H2. The van der Waals surface area contributed by atoms with Crippen molar-refractivity contribution < 1.29 is 5.11 Å². The number of allylic oxidation sites excluding steroid dienone is 1. The third-order valence-electron chi connectivity index (χ3n) is 3.59. The van der Waals surface area contributed by atoms with E-state index in [0.717, 1.165) is 38.9 Å². The Morgan fingerprint density at radius 1 is 1.42 bits per heavy atom. The molecule has 0 aliphatic carbocycles. The number of β-amino-alcohol motifs (C(OH)–C–C–N with tert-alkyl or cyclic N) is 1. The summed E-state index contributed by atoms with van der Waals surface area (Å²) in [6.07, 6.45) is 4.49. The van der Waals surface area contributed by atoms with Crippen molar-refractivity contribution in [3.8, 4) is 0 Å². The molecule has 1 fully saturated rings. The van der Waals surface area contributed by atoms with Crippen molar-refractivity contribution in [3.05, 3.63) is 43.0 Å². The Bertz CT molecular complexity index is 380. The van der Waals surface area contributed by atoms with E-state index in [-0.39, 0.29) is 6.10 Å².